The number of amides is 1. The van der Waals surface area contributed by atoms with Crippen molar-refractivity contribution in [2.45, 2.75) is 13.1 Å². The first-order valence-electron chi connectivity index (χ1n) is 5.07. The Morgan fingerprint density at radius 3 is 2.76 bits per heavy atom. The molecule has 0 bridgehead atoms. The van der Waals surface area contributed by atoms with E-state index in [9.17, 15) is 18.0 Å². The van der Waals surface area contributed by atoms with Gasteiger partial charge >= 0.3 is 6.18 Å². The van der Waals surface area contributed by atoms with Crippen LogP contribution in [0.3, 0.4) is 0 Å². The van der Waals surface area contributed by atoms with Crippen LogP contribution in [0.2, 0.25) is 0 Å². The lowest BCUT2D eigenvalue weighted by Gasteiger charge is -2.31. The van der Waals surface area contributed by atoms with E-state index < -0.39 is 18.6 Å². The van der Waals surface area contributed by atoms with Crippen LogP contribution in [0.1, 0.15) is 5.56 Å². The molecular weight excluding hydrogens is 233 g/mol. The molecule has 1 aliphatic heterocycles. The molecule has 0 radical (unpaired) electrons. The summed E-state index contributed by atoms with van der Waals surface area (Å²) in [4.78, 5) is 12.3. The Balaban J connectivity index is 2.36. The summed E-state index contributed by atoms with van der Waals surface area (Å²) in [5.41, 5.74) is 1.70. The molecule has 1 heterocycles. The maximum atomic E-state index is 12.4. The van der Waals surface area contributed by atoms with Crippen LogP contribution in [0.5, 0.6) is 0 Å². The largest absolute Gasteiger partial charge is 0.405 e. The number of nitrogens with zero attached hydrogens (tertiary/aromatic N) is 1. The predicted octanol–water partition coefficient (Wildman–Crippen LogP) is 2.32. The van der Waals surface area contributed by atoms with Gasteiger partial charge in [0.05, 0.1) is 17.9 Å². The van der Waals surface area contributed by atoms with Gasteiger partial charge in [0, 0.05) is 0 Å². The number of rotatable bonds is 1. The zero-order chi connectivity index (χ0) is 12.6. The molecule has 0 fully saturated rings. The van der Waals surface area contributed by atoms with Crippen molar-refractivity contribution < 1.29 is 18.0 Å². The SMILES string of the molecule is Cc1ccc2c(c1)N(CC(F)(F)F)CC(=O)N2. The van der Waals surface area contributed by atoms with Crippen molar-refractivity contribution in [3.05, 3.63) is 23.8 Å². The summed E-state index contributed by atoms with van der Waals surface area (Å²) in [7, 11) is 0. The lowest BCUT2D eigenvalue weighted by Crippen LogP contribution is -2.43. The van der Waals surface area contributed by atoms with E-state index in [2.05, 4.69) is 5.32 Å². The fourth-order valence-electron chi connectivity index (χ4n) is 1.81. The number of benzene rings is 1. The van der Waals surface area contributed by atoms with Crippen LogP contribution in [-0.2, 0) is 4.79 Å². The van der Waals surface area contributed by atoms with Crippen LogP contribution in [-0.4, -0.2) is 25.2 Å². The van der Waals surface area contributed by atoms with E-state index >= 15 is 0 Å². The highest BCUT2D eigenvalue weighted by Gasteiger charge is 2.34. The Morgan fingerprint density at radius 2 is 2.12 bits per heavy atom. The summed E-state index contributed by atoms with van der Waals surface area (Å²) in [6.45, 7) is 0.412. The van der Waals surface area contributed by atoms with E-state index in [4.69, 9.17) is 0 Å². The lowest BCUT2D eigenvalue weighted by atomic mass is 10.1. The smallest absolute Gasteiger partial charge is 0.351 e. The molecule has 1 amide bonds. The molecule has 92 valence electrons. The molecule has 0 saturated carbocycles. The lowest BCUT2D eigenvalue weighted by molar-refractivity contribution is -0.122. The fourth-order valence-corrected chi connectivity index (χ4v) is 1.81. The van der Waals surface area contributed by atoms with Gasteiger partial charge in [0.2, 0.25) is 5.91 Å². The summed E-state index contributed by atoms with van der Waals surface area (Å²) in [5, 5.41) is 2.55. The number of carbonyl (C=O) groups is 1. The van der Waals surface area contributed by atoms with Crippen LogP contribution in [0.4, 0.5) is 24.5 Å². The first-order chi connectivity index (χ1) is 7.85. The van der Waals surface area contributed by atoms with Gasteiger partial charge in [0.15, 0.2) is 0 Å². The highest BCUT2D eigenvalue weighted by molar-refractivity contribution is 6.01. The monoisotopic (exact) mass is 244 g/mol. The van der Waals surface area contributed by atoms with E-state index in [1.54, 1.807) is 25.1 Å². The quantitative estimate of drug-likeness (QED) is 0.822. The van der Waals surface area contributed by atoms with Gasteiger partial charge in [-0.25, -0.2) is 0 Å². The number of halogens is 3. The Labute approximate surface area is 96.2 Å². The van der Waals surface area contributed by atoms with Crippen molar-refractivity contribution in [3.8, 4) is 0 Å². The van der Waals surface area contributed by atoms with E-state index in [-0.39, 0.29) is 6.54 Å². The Hall–Kier alpha value is -1.72. The molecule has 1 N–H and O–H groups in total. The number of hydrogen-bond acceptors (Lipinski definition) is 2. The summed E-state index contributed by atoms with van der Waals surface area (Å²) >= 11 is 0. The van der Waals surface area contributed by atoms with E-state index in [0.717, 1.165) is 10.5 Å². The number of carbonyl (C=O) groups excluding carboxylic acids is 1. The highest BCUT2D eigenvalue weighted by atomic mass is 19.4. The van der Waals surface area contributed by atoms with Crippen LogP contribution in [0, 0.1) is 6.92 Å². The van der Waals surface area contributed by atoms with Gasteiger partial charge in [-0.05, 0) is 24.6 Å². The molecule has 0 unspecified atom stereocenters. The summed E-state index contributed by atoms with van der Waals surface area (Å²) in [6, 6.07) is 5.00. The molecular formula is C11H11F3N2O. The molecule has 3 nitrogen and oxygen atoms in total. The van der Waals surface area contributed by atoms with Crippen molar-refractivity contribution >= 4 is 17.3 Å². The van der Waals surface area contributed by atoms with Gasteiger partial charge in [-0.2, -0.15) is 13.2 Å². The summed E-state index contributed by atoms with van der Waals surface area (Å²) in [6.07, 6.45) is -4.32. The second-order valence-corrected chi connectivity index (χ2v) is 4.04. The number of hydrogen-bond donors (Lipinski definition) is 1. The average molecular weight is 244 g/mol. The number of anilines is 2. The van der Waals surface area contributed by atoms with Crippen LogP contribution >= 0.6 is 0 Å². The first-order valence-corrected chi connectivity index (χ1v) is 5.07. The van der Waals surface area contributed by atoms with E-state index in [1.807, 2.05) is 0 Å². The molecule has 2 rings (SSSR count). The normalized spacial score (nSPS) is 15.5. The Bertz CT molecular complexity index is 457. The number of alkyl halides is 3. The van der Waals surface area contributed by atoms with Crippen molar-refractivity contribution in [3.63, 3.8) is 0 Å². The maximum Gasteiger partial charge on any atom is 0.405 e. The second kappa shape index (κ2) is 3.94. The number of aryl methyl sites for hydroxylation is 1. The van der Waals surface area contributed by atoms with Crippen molar-refractivity contribution in [1.29, 1.82) is 0 Å². The third-order valence-corrected chi connectivity index (χ3v) is 2.47. The maximum absolute atomic E-state index is 12.4. The Kier molecular flexibility index (Phi) is 2.73. The van der Waals surface area contributed by atoms with Gasteiger partial charge in [-0.1, -0.05) is 6.07 Å². The molecule has 0 spiro atoms. The summed E-state index contributed by atoms with van der Waals surface area (Å²) in [5.74, 6) is -0.425. The van der Waals surface area contributed by atoms with Crippen LogP contribution in [0.15, 0.2) is 18.2 Å². The minimum Gasteiger partial charge on any atom is -0.351 e. The molecule has 0 saturated heterocycles. The molecule has 0 aromatic heterocycles. The summed E-state index contributed by atoms with van der Waals surface area (Å²) < 4.78 is 37.2. The average Bonchev–Trinajstić information content (AvgIpc) is 2.16. The van der Waals surface area contributed by atoms with Gasteiger partial charge in [-0.15, -0.1) is 0 Å². The minimum atomic E-state index is -4.32. The van der Waals surface area contributed by atoms with Gasteiger partial charge in [-0.3, -0.25) is 4.79 Å². The molecule has 1 aliphatic rings. The number of nitrogens with one attached hydrogen (secondary N) is 1. The van der Waals surface area contributed by atoms with Gasteiger partial charge in [0.1, 0.15) is 6.54 Å². The third kappa shape index (κ3) is 2.69. The highest BCUT2D eigenvalue weighted by Crippen LogP contribution is 2.32. The molecule has 1 aromatic carbocycles. The van der Waals surface area contributed by atoms with Crippen molar-refractivity contribution in [2.24, 2.45) is 0 Å². The number of fused-ring (bicyclic) bond motifs is 1. The first kappa shape index (κ1) is 11.8. The molecule has 1 aromatic rings. The van der Waals surface area contributed by atoms with Crippen LogP contribution < -0.4 is 10.2 Å². The predicted molar refractivity (Wildman–Crippen MR) is 58.1 cm³/mol. The zero-order valence-electron chi connectivity index (χ0n) is 9.14. The van der Waals surface area contributed by atoms with Gasteiger partial charge < -0.3 is 10.2 Å². The molecule has 17 heavy (non-hydrogen) atoms. The van der Waals surface area contributed by atoms with Gasteiger partial charge in [0.25, 0.3) is 0 Å². The van der Waals surface area contributed by atoms with E-state index in [0.29, 0.717) is 11.4 Å². The van der Waals surface area contributed by atoms with E-state index in [1.165, 1.54) is 0 Å². The van der Waals surface area contributed by atoms with Crippen LogP contribution in [0.25, 0.3) is 0 Å². The third-order valence-electron chi connectivity index (χ3n) is 2.47. The standard InChI is InChI=1S/C11H11F3N2O/c1-7-2-3-8-9(4-7)16(5-10(17)15-8)6-11(12,13)14/h2-4H,5-6H2,1H3,(H,15,17). The zero-order valence-corrected chi connectivity index (χ0v) is 9.14. The Morgan fingerprint density at radius 1 is 1.41 bits per heavy atom. The molecule has 6 heteroatoms. The minimum absolute atomic E-state index is 0.268. The fraction of sp³-hybridized carbons (Fsp3) is 0.364. The van der Waals surface area contributed by atoms with Crippen molar-refractivity contribution in [2.75, 3.05) is 23.3 Å². The molecule has 0 atom stereocenters. The second-order valence-electron chi connectivity index (χ2n) is 4.04. The topological polar surface area (TPSA) is 32.3 Å². The molecule has 0 aliphatic carbocycles. The van der Waals surface area contributed by atoms with Crippen molar-refractivity contribution in [1.82, 2.24) is 0 Å².